The van der Waals surface area contributed by atoms with Crippen LogP contribution in [0.5, 0.6) is 0 Å². The highest BCUT2D eigenvalue weighted by Crippen LogP contribution is 2.14. The number of likely N-dealkylation sites (N-methyl/N-ethyl adjacent to an activating group) is 1. The van der Waals surface area contributed by atoms with Gasteiger partial charge in [-0.25, -0.2) is 0 Å². The molecule has 0 saturated carbocycles. The van der Waals surface area contributed by atoms with E-state index in [1.807, 2.05) is 12.2 Å². The SMILES string of the molecule is C[NH+]([O-])CC1=CC(C[NH+](C)[O-])CC=C1. The van der Waals surface area contributed by atoms with Crippen LogP contribution in [0.3, 0.4) is 0 Å². The van der Waals surface area contributed by atoms with Crippen LogP contribution in [-0.2, 0) is 0 Å². The third kappa shape index (κ3) is 4.02. The maximum absolute atomic E-state index is 10.9. The molecule has 4 nitrogen and oxygen atoms in total. The minimum Gasteiger partial charge on any atom is -0.634 e. The maximum atomic E-state index is 10.9. The molecule has 0 aromatic carbocycles. The quantitative estimate of drug-likeness (QED) is 0.541. The number of hydroxylamine groups is 4. The van der Waals surface area contributed by atoms with Gasteiger partial charge >= 0.3 is 0 Å². The number of nitrogens with one attached hydrogen (secondary N) is 2. The molecule has 0 aromatic heterocycles. The molecule has 0 fully saturated rings. The van der Waals surface area contributed by atoms with Crippen molar-refractivity contribution in [2.75, 3.05) is 27.2 Å². The lowest BCUT2D eigenvalue weighted by atomic mass is 9.96. The molecule has 0 amide bonds. The van der Waals surface area contributed by atoms with Crippen molar-refractivity contribution in [2.24, 2.45) is 5.92 Å². The van der Waals surface area contributed by atoms with Gasteiger partial charge in [0.2, 0.25) is 0 Å². The predicted octanol–water partition coefficient (Wildman–Crippen LogP) is -1.49. The summed E-state index contributed by atoms with van der Waals surface area (Å²) in [5.74, 6) is 0.298. The van der Waals surface area contributed by atoms with Crippen molar-refractivity contribution in [3.63, 3.8) is 0 Å². The van der Waals surface area contributed by atoms with Crippen molar-refractivity contribution in [3.05, 3.63) is 34.2 Å². The molecular formula is C10H18N2O2. The van der Waals surface area contributed by atoms with Crippen molar-refractivity contribution in [2.45, 2.75) is 6.42 Å². The van der Waals surface area contributed by atoms with E-state index in [9.17, 15) is 10.4 Å². The highest BCUT2D eigenvalue weighted by Gasteiger charge is 2.12. The summed E-state index contributed by atoms with van der Waals surface area (Å²) in [6.07, 6.45) is 7.01. The van der Waals surface area contributed by atoms with E-state index in [-0.39, 0.29) is 10.1 Å². The minimum atomic E-state index is 0.171. The highest BCUT2D eigenvalue weighted by molar-refractivity contribution is 5.24. The first kappa shape index (κ1) is 11.4. The molecule has 14 heavy (non-hydrogen) atoms. The van der Waals surface area contributed by atoms with Crippen LogP contribution in [-0.4, -0.2) is 27.2 Å². The van der Waals surface area contributed by atoms with Crippen molar-refractivity contribution < 1.29 is 10.1 Å². The minimum absolute atomic E-state index is 0.171. The Morgan fingerprint density at radius 3 is 2.64 bits per heavy atom. The van der Waals surface area contributed by atoms with Crippen LogP contribution < -0.4 is 10.1 Å². The van der Waals surface area contributed by atoms with Crippen LogP contribution in [0.4, 0.5) is 0 Å². The number of quaternary nitrogens is 2. The lowest BCUT2D eigenvalue weighted by molar-refractivity contribution is -0.829. The average molecular weight is 198 g/mol. The van der Waals surface area contributed by atoms with Crippen molar-refractivity contribution in [1.29, 1.82) is 0 Å². The van der Waals surface area contributed by atoms with Gasteiger partial charge in [-0.3, -0.25) is 0 Å². The topological polar surface area (TPSA) is 55.0 Å². The number of allylic oxidation sites excluding steroid dienone is 1. The molecule has 0 aliphatic heterocycles. The molecule has 1 aliphatic carbocycles. The first-order valence-electron chi connectivity index (χ1n) is 4.94. The van der Waals surface area contributed by atoms with Gasteiger partial charge in [0.25, 0.3) is 0 Å². The van der Waals surface area contributed by atoms with E-state index in [1.165, 1.54) is 0 Å². The number of hydrogen-bond acceptors (Lipinski definition) is 2. The van der Waals surface area contributed by atoms with E-state index in [0.717, 1.165) is 12.0 Å². The molecule has 0 spiro atoms. The summed E-state index contributed by atoms with van der Waals surface area (Å²) < 4.78 is 0. The van der Waals surface area contributed by atoms with Gasteiger partial charge in [-0.05, 0) is 6.42 Å². The summed E-state index contributed by atoms with van der Waals surface area (Å²) in [5, 5.41) is 22.2. The largest absolute Gasteiger partial charge is 0.634 e. The zero-order valence-electron chi connectivity index (χ0n) is 8.75. The van der Waals surface area contributed by atoms with Crippen LogP contribution in [0.2, 0.25) is 0 Å². The molecule has 0 radical (unpaired) electrons. The van der Waals surface area contributed by atoms with Crippen LogP contribution in [0.15, 0.2) is 23.8 Å². The van der Waals surface area contributed by atoms with E-state index in [1.54, 1.807) is 14.1 Å². The second kappa shape index (κ2) is 5.26. The van der Waals surface area contributed by atoms with Crippen LogP contribution in [0.1, 0.15) is 6.42 Å². The van der Waals surface area contributed by atoms with E-state index in [4.69, 9.17) is 0 Å². The fraction of sp³-hybridized carbons (Fsp3) is 0.600. The van der Waals surface area contributed by atoms with E-state index in [2.05, 4.69) is 6.08 Å². The van der Waals surface area contributed by atoms with Crippen LogP contribution in [0, 0.1) is 16.3 Å². The smallest absolute Gasteiger partial charge is 0.102 e. The Bertz CT molecular complexity index is 234. The second-order valence-electron chi connectivity index (χ2n) is 3.92. The molecule has 2 N–H and O–H groups in total. The highest BCUT2D eigenvalue weighted by atomic mass is 16.5. The van der Waals surface area contributed by atoms with Gasteiger partial charge in [0.15, 0.2) is 0 Å². The molecule has 4 heteroatoms. The molecule has 1 aliphatic rings. The van der Waals surface area contributed by atoms with Crippen molar-refractivity contribution >= 4 is 0 Å². The Kier molecular flexibility index (Phi) is 4.28. The Labute approximate surface area is 84.7 Å². The summed E-state index contributed by atoms with van der Waals surface area (Å²) >= 11 is 0. The Morgan fingerprint density at radius 2 is 2.07 bits per heavy atom. The molecule has 1 rings (SSSR count). The summed E-state index contributed by atoms with van der Waals surface area (Å²) in [7, 11) is 3.19. The van der Waals surface area contributed by atoms with Gasteiger partial charge < -0.3 is 20.5 Å². The normalized spacial score (nSPS) is 25.7. The van der Waals surface area contributed by atoms with Gasteiger partial charge in [0.1, 0.15) is 6.54 Å². The summed E-state index contributed by atoms with van der Waals surface area (Å²) in [6, 6.07) is 0. The standard InChI is InChI=1S/C10H18N2O2/c1-11(13)7-9-4-3-5-10(6-9)8-12(2)14/h3-4,6,10-12H,5,7-8H2,1-2H3. The molecule has 0 heterocycles. The molecule has 80 valence electrons. The van der Waals surface area contributed by atoms with Crippen molar-refractivity contribution in [3.8, 4) is 0 Å². The number of hydrogen-bond donors (Lipinski definition) is 2. The van der Waals surface area contributed by atoms with E-state index >= 15 is 0 Å². The maximum Gasteiger partial charge on any atom is 0.102 e. The zero-order chi connectivity index (χ0) is 10.6. The van der Waals surface area contributed by atoms with E-state index < -0.39 is 0 Å². The zero-order valence-corrected chi connectivity index (χ0v) is 8.75. The predicted molar refractivity (Wildman–Crippen MR) is 55.6 cm³/mol. The van der Waals surface area contributed by atoms with Crippen molar-refractivity contribution in [1.82, 2.24) is 0 Å². The fourth-order valence-electron chi connectivity index (χ4n) is 1.74. The summed E-state index contributed by atoms with van der Waals surface area (Å²) in [6.45, 7) is 1.08. The third-order valence-corrected chi connectivity index (χ3v) is 2.22. The van der Waals surface area contributed by atoms with Gasteiger partial charge in [-0.15, -0.1) is 0 Å². The van der Waals surface area contributed by atoms with Gasteiger partial charge in [-0.2, -0.15) is 0 Å². The monoisotopic (exact) mass is 198 g/mol. The number of rotatable bonds is 4. The molecule has 0 bridgehead atoms. The summed E-state index contributed by atoms with van der Waals surface area (Å²) in [4.78, 5) is 0. The Hall–Kier alpha value is -0.680. The molecule has 3 atom stereocenters. The van der Waals surface area contributed by atoms with Crippen LogP contribution >= 0.6 is 0 Å². The molecule has 0 aromatic rings. The summed E-state index contributed by atoms with van der Waals surface area (Å²) in [5.41, 5.74) is 1.05. The van der Waals surface area contributed by atoms with Crippen LogP contribution in [0.25, 0.3) is 0 Å². The Balaban J connectivity index is 2.50. The first-order chi connectivity index (χ1) is 6.58. The lowest BCUT2D eigenvalue weighted by Gasteiger charge is -2.24. The first-order valence-corrected chi connectivity index (χ1v) is 4.94. The lowest BCUT2D eigenvalue weighted by Crippen LogP contribution is -3.04. The molecule has 3 unspecified atom stereocenters. The van der Waals surface area contributed by atoms with E-state index in [0.29, 0.717) is 19.0 Å². The molecule has 0 saturated heterocycles. The molecular weight excluding hydrogens is 180 g/mol. The van der Waals surface area contributed by atoms with Gasteiger partial charge in [0, 0.05) is 11.5 Å². The van der Waals surface area contributed by atoms with Gasteiger partial charge in [0.05, 0.1) is 20.6 Å². The average Bonchev–Trinajstić information content (AvgIpc) is 2.01. The third-order valence-electron chi connectivity index (χ3n) is 2.22. The fourth-order valence-corrected chi connectivity index (χ4v) is 1.74. The Morgan fingerprint density at radius 1 is 1.36 bits per heavy atom. The second-order valence-corrected chi connectivity index (χ2v) is 3.92. The van der Waals surface area contributed by atoms with Gasteiger partial charge in [-0.1, -0.05) is 18.2 Å².